The van der Waals surface area contributed by atoms with Crippen LogP contribution in [0.15, 0.2) is 9.85 Å². The van der Waals surface area contributed by atoms with Gasteiger partial charge in [0.05, 0.1) is 9.70 Å². The van der Waals surface area contributed by atoms with Gasteiger partial charge in [0.15, 0.2) is 0 Å². The molecule has 0 spiro atoms. The molecule has 1 aromatic rings. The fraction of sp³-hybridized carbons (Fsp3) is 0.444. The third kappa shape index (κ3) is 3.21. The van der Waals surface area contributed by atoms with Crippen LogP contribution in [-0.2, 0) is 6.42 Å². The van der Waals surface area contributed by atoms with E-state index < -0.39 is 18.1 Å². The van der Waals surface area contributed by atoms with Gasteiger partial charge in [-0.05, 0) is 34.0 Å². The van der Waals surface area contributed by atoms with Crippen LogP contribution in [0.25, 0.3) is 0 Å². The van der Waals surface area contributed by atoms with E-state index >= 15 is 0 Å². The third-order valence-corrected chi connectivity index (χ3v) is 3.73. The zero-order valence-electron chi connectivity index (χ0n) is 8.14. The average molecular weight is 317 g/mol. The number of hydrogen-bond acceptors (Lipinski definition) is 2. The summed E-state index contributed by atoms with van der Waals surface area (Å²) in [4.78, 5) is 10.7. The van der Waals surface area contributed by atoms with E-state index in [0.29, 0.717) is 3.79 Å². The summed E-state index contributed by atoms with van der Waals surface area (Å²) in [7, 11) is 0. The molecule has 0 bridgehead atoms. The molecule has 0 aliphatic rings. The van der Waals surface area contributed by atoms with E-state index in [4.69, 9.17) is 5.11 Å². The van der Waals surface area contributed by atoms with Crippen molar-refractivity contribution in [2.45, 2.75) is 19.5 Å². The Balaban J connectivity index is 2.93. The molecule has 0 aromatic carbocycles. The number of carbonyl (C=O) groups is 1. The topological polar surface area (TPSA) is 37.3 Å². The minimum absolute atomic E-state index is 0.0389. The molecule has 1 N–H and O–H groups in total. The van der Waals surface area contributed by atoms with E-state index in [0.717, 1.165) is 18.3 Å². The summed E-state index contributed by atoms with van der Waals surface area (Å²) in [5.74, 6) is -2.74. The number of hydrogen-bond donors (Lipinski definition) is 1. The minimum Gasteiger partial charge on any atom is -0.477 e. The van der Waals surface area contributed by atoms with Crippen LogP contribution in [-0.4, -0.2) is 17.3 Å². The Morgan fingerprint density at radius 1 is 1.62 bits per heavy atom. The van der Waals surface area contributed by atoms with Crippen molar-refractivity contribution in [2.75, 3.05) is 0 Å². The maximum Gasteiger partial charge on any atom is 0.391 e. The Kier molecular flexibility index (Phi) is 4.01. The summed E-state index contributed by atoms with van der Waals surface area (Å²) >= 11 is 3.99. The van der Waals surface area contributed by atoms with Crippen molar-refractivity contribution in [1.29, 1.82) is 0 Å². The molecule has 90 valence electrons. The highest BCUT2D eigenvalue weighted by Crippen LogP contribution is 2.33. The van der Waals surface area contributed by atoms with Crippen LogP contribution in [0, 0.1) is 5.92 Å². The van der Waals surface area contributed by atoms with Gasteiger partial charge in [0.25, 0.3) is 0 Å². The van der Waals surface area contributed by atoms with Gasteiger partial charge in [0.1, 0.15) is 4.88 Å². The second-order valence-electron chi connectivity index (χ2n) is 3.36. The van der Waals surface area contributed by atoms with Gasteiger partial charge in [-0.2, -0.15) is 13.2 Å². The van der Waals surface area contributed by atoms with Crippen molar-refractivity contribution in [3.05, 3.63) is 20.3 Å². The van der Waals surface area contributed by atoms with Gasteiger partial charge >= 0.3 is 12.1 Å². The molecule has 0 amide bonds. The number of alkyl halides is 3. The Bertz CT molecular complexity index is 400. The van der Waals surface area contributed by atoms with E-state index in [9.17, 15) is 18.0 Å². The summed E-state index contributed by atoms with van der Waals surface area (Å²) in [5, 5.41) is 8.80. The van der Waals surface area contributed by atoms with Gasteiger partial charge < -0.3 is 5.11 Å². The highest BCUT2D eigenvalue weighted by Gasteiger charge is 2.36. The summed E-state index contributed by atoms with van der Waals surface area (Å²) in [6.07, 6.45) is -4.61. The molecule has 0 aliphatic carbocycles. The maximum absolute atomic E-state index is 12.3. The monoisotopic (exact) mass is 316 g/mol. The number of rotatable bonds is 3. The van der Waals surface area contributed by atoms with Gasteiger partial charge in [-0.1, -0.05) is 6.92 Å². The van der Waals surface area contributed by atoms with Crippen LogP contribution < -0.4 is 0 Å². The first-order chi connectivity index (χ1) is 7.21. The molecule has 0 radical (unpaired) electrons. The quantitative estimate of drug-likeness (QED) is 0.916. The number of carboxylic acids is 1. The summed E-state index contributed by atoms with van der Waals surface area (Å²) in [6, 6.07) is 1.43. The molecule has 0 saturated heterocycles. The smallest absolute Gasteiger partial charge is 0.391 e. The zero-order valence-corrected chi connectivity index (χ0v) is 10.5. The van der Waals surface area contributed by atoms with Crippen LogP contribution >= 0.6 is 27.3 Å². The van der Waals surface area contributed by atoms with Crippen molar-refractivity contribution in [2.24, 2.45) is 5.92 Å². The van der Waals surface area contributed by atoms with Crippen LogP contribution in [0.5, 0.6) is 0 Å². The molecule has 7 heteroatoms. The lowest BCUT2D eigenvalue weighted by atomic mass is 10.0. The molecule has 1 aromatic heterocycles. The fourth-order valence-corrected chi connectivity index (χ4v) is 2.69. The number of carboxylic acid groups (broad SMARTS) is 1. The van der Waals surface area contributed by atoms with Crippen molar-refractivity contribution >= 4 is 33.2 Å². The molecule has 1 heterocycles. The summed E-state index contributed by atoms with van der Waals surface area (Å²) < 4.78 is 37.5. The van der Waals surface area contributed by atoms with Gasteiger partial charge in [-0.25, -0.2) is 4.79 Å². The second kappa shape index (κ2) is 4.75. The van der Waals surface area contributed by atoms with Crippen molar-refractivity contribution < 1.29 is 23.1 Å². The predicted molar refractivity (Wildman–Crippen MR) is 57.9 cm³/mol. The Morgan fingerprint density at radius 2 is 2.19 bits per heavy atom. The number of halogens is 4. The van der Waals surface area contributed by atoms with E-state index in [1.54, 1.807) is 0 Å². The van der Waals surface area contributed by atoms with Gasteiger partial charge in [-0.3, -0.25) is 0 Å². The predicted octanol–water partition coefficient (Wildman–Crippen LogP) is 3.95. The molecular weight excluding hydrogens is 309 g/mol. The highest BCUT2D eigenvalue weighted by atomic mass is 79.9. The SMILES string of the molecule is CC(Cc1cc(Br)sc1C(=O)O)C(F)(F)F. The zero-order chi connectivity index (χ0) is 12.5. The van der Waals surface area contributed by atoms with Gasteiger partial charge in [-0.15, -0.1) is 11.3 Å². The maximum atomic E-state index is 12.3. The fourth-order valence-electron chi connectivity index (χ4n) is 1.17. The lowest BCUT2D eigenvalue weighted by Gasteiger charge is -2.14. The van der Waals surface area contributed by atoms with Gasteiger partial charge in [0.2, 0.25) is 0 Å². The molecule has 1 unspecified atom stereocenters. The van der Waals surface area contributed by atoms with Crippen molar-refractivity contribution in [3.8, 4) is 0 Å². The largest absolute Gasteiger partial charge is 0.477 e. The summed E-state index contributed by atoms with van der Waals surface area (Å²) in [6.45, 7) is 1.04. The number of thiophene rings is 1. The van der Waals surface area contributed by atoms with Crippen LogP contribution in [0.2, 0.25) is 0 Å². The van der Waals surface area contributed by atoms with E-state index in [2.05, 4.69) is 15.9 Å². The van der Waals surface area contributed by atoms with E-state index in [1.165, 1.54) is 6.07 Å². The molecule has 0 saturated carbocycles. The van der Waals surface area contributed by atoms with Crippen molar-refractivity contribution in [3.63, 3.8) is 0 Å². The Labute approximate surface area is 102 Å². The Morgan fingerprint density at radius 3 is 2.62 bits per heavy atom. The molecule has 2 nitrogen and oxygen atoms in total. The van der Waals surface area contributed by atoms with E-state index in [1.807, 2.05) is 0 Å². The third-order valence-electron chi connectivity index (χ3n) is 2.06. The average Bonchev–Trinajstić information content (AvgIpc) is 2.45. The second-order valence-corrected chi connectivity index (χ2v) is 5.79. The molecule has 16 heavy (non-hydrogen) atoms. The lowest BCUT2D eigenvalue weighted by molar-refractivity contribution is -0.169. The molecule has 1 rings (SSSR count). The minimum atomic E-state index is -4.30. The standard InChI is InChI=1S/C9H8BrF3O2S/c1-4(9(11,12)13)2-5-3-6(10)16-7(5)8(14)15/h3-4H,2H2,1H3,(H,14,15). The lowest BCUT2D eigenvalue weighted by Crippen LogP contribution is -2.22. The Hall–Kier alpha value is -0.560. The molecule has 0 aliphatic heterocycles. The summed E-state index contributed by atoms with van der Waals surface area (Å²) in [5.41, 5.74) is 0.217. The first-order valence-electron chi connectivity index (χ1n) is 4.30. The van der Waals surface area contributed by atoms with Crippen LogP contribution in [0.3, 0.4) is 0 Å². The molecular formula is C9H8BrF3O2S. The van der Waals surface area contributed by atoms with Gasteiger partial charge in [0, 0.05) is 0 Å². The van der Waals surface area contributed by atoms with Crippen molar-refractivity contribution in [1.82, 2.24) is 0 Å². The van der Waals surface area contributed by atoms with Crippen LogP contribution in [0.1, 0.15) is 22.2 Å². The normalized spacial score (nSPS) is 13.8. The van der Waals surface area contributed by atoms with E-state index in [-0.39, 0.29) is 16.9 Å². The first-order valence-corrected chi connectivity index (χ1v) is 5.91. The first kappa shape index (κ1) is 13.5. The van der Waals surface area contributed by atoms with Crippen LogP contribution in [0.4, 0.5) is 13.2 Å². The molecule has 1 atom stereocenters. The molecule has 0 fully saturated rings. The highest BCUT2D eigenvalue weighted by molar-refractivity contribution is 9.11. The number of aromatic carboxylic acids is 1.